The summed E-state index contributed by atoms with van der Waals surface area (Å²) in [5, 5.41) is 22.0. The van der Waals surface area contributed by atoms with Gasteiger partial charge in [0.15, 0.2) is 0 Å². The first-order valence-electron chi connectivity index (χ1n) is 6.55. The van der Waals surface area contributed by atoms with Crippen molar-refractivity contribution in [1.29, 1.82) is 0 Å². The summed E-state index contributed by atoms with van der Waals surface area (Å²) in [6, 6.07) is 8.50. The first-order chi connectivity index (χ1) is 10.3. The number of rotatable bonds is 4. The molecule has 116 valence electrons. The van der Waals surface area contributed by atoms with Gasteiger partial charge in [0.05, 0.1) is 6.54 Å². The van der Waals surface area contributed by atoms with E-state index in [9.17, 15) is 23.8 Å². The van der Waals surface area contributed by atoms with Crippen LogP contribution < -0.4 is 5.32 Å². The fraction of sp³-hybridized carbons (Fsp3) is 0.188. The number of amides is 1. The molecule has 2 aromatic carbocycles. The van der Waals surface area contributed by atoms with Gasteiger partial charge in [-0.3, -0.25) is 4.79 Å². The second kappa shape index (κ2) is 6.11. The molecule has 0 heterocycles. The smallest absolute Gasteiger partial charge is 0.251 e. The lowest BCUT2D eigenvalue weighted by Crippen LogP contribution is -2.39. The highest BCUT2D eigenvalue weighted by Gasteiger charge is 2.27. The van der Waals surface area contributed by atoms with E-state index in [4.69, 9.17) is 0 Å². The lowest BCUT2D eigenvalue weighted by atomic mass is 9.95. The summed E-state index contributed by atoms with van der Waals surface area (Å²) in [5.74, 6) is -2.24. The summed E-state index contributed by atoms with van der Waals surface area (Å²) in [6.45, 7) is 1.04. The number of carbonyl (C=O) groups excluding carboxylic acids is 1. The molecule has 1 unspecified atom stereocenters. The highest BCUT2D eigenvalue weighted by atomic mass is 19.1. The number of aromatic hydroxyl groups is 1. The number of halogens is 2. The van der Waals surface area contributed by atoms with Crippen molar-refractivity contribution in [2.45, 2.75) is 12.5 Å². The predicted molar refractivity (Wildman–Crippen MR) is 76.4 cm³/mol. The topological polar surface area (TPSA) is 69.6 Å². The molecule has 0 spiro atoms. The lowest BCUT2D eigenvalue weighted by molar-refractivity contribution is 0.0494. The molecule has 0 saturated heterocycles. The summed E-state index contributed by atoms with van der Waals surface area (Å²) in [5.41, 5.74) is -1.62. The number of carbonyl (C=O) groups is 1. The molecular formula is C16H15F2NO3. The lowest BCUT2D eigenvalue weighted by Gasteiger charge is -2.24. The van der Waals surface area contributed by atoms with Crippen LogP contribution in [-0.4, -0.2) is 22.7 Å². The monoisotopic (exact) mass is 307 g/mol. The summed E-state index contributed by atoms with van der Waals surface area (Å²) in [6.07, 6.45) is 0. The van der Waals surface area contributed by atoms with Crippen LogP contribution in [0, 0.1) is 11.6 Å². The molecule has 1 atom stereocenters. The average Bonchev–Trinajstić information content (AvgIpc) is 2.44. The Kier molecular flexibility index (Phi) is 4.42. The summed E-state index contributed by atoms with van der Waals surface area (Å²) in [4.78, 5) is 11.9. The van der Waals surface area contributed by atoms with Gasteiger partial charge in [0.2, 0.25) is 0 Å². The molecule has 0 bridgehead atoms. The zero-order valence-corrected chi connectivity index (χ0v) is 11.8. The summed E-state index contributed by atoms with van der Waals surface area (Å²) in [7, 11) is 0. The molecule has 4 nitrogen and oxygen atoms in total. The van der Waals surface area contributed by atoms with Crippen molar-refractivity contribution in [1.82, 2.24) is 5.32 Å². The van der Waals surface area contributed by atoms with Crippen LogP contribution >= 0.6 is 0 Å². The standard InChI is InChI=1S/C16H15F2NO3/c1-16(22,13-6-5-11(17)8-14(13)18)9-19-15(21)10-3-2-4-12(20)7-10/h2-8,20,22H,9H2,1H3,(H,19,21). The zero-order valence-electron chi connectivity index (χ0n) is 11.8. The van der Waals surface area contributed by atoms with Crippen molar-refractivity contribution >= 4 is 5.91 Å². The Balaban J connectivity index is 2.10. The maximum atomic E-state index is 13.7. The first kappa shape index (κ1) is 15.9. The maximum absolute atomic E-state index is 13.7. The van der Waals surface area contributed by atoms with Crippen LogP contribution in [0.15, 0.2) is 42.5 Å². The van der Waals surface area contributed by atoms with E-state index in [-0.39, 0.29) is 23.4 Å². The largest absolute Gasteiger partial charge is 0.508 e. The van der Waals surface area contributed by atoms with Gasteiger partial charge in [0.1, 0.15) is 23.0 Å². The van der Waals surface area contributed by atoms with Crippen LogP contribution in [0.25, 0.3) is 0 Å². The molecule has 0 aliphatic heterocycles. The van der Waals surface area contributed by atoms with Crippen LogP contribution in [0.2, 0.25) is 0 Å². The third-order valence-electron chi connectivity index (χ3n) is 3.21. The van der Waals surface area contributed by atoms with E-state index in [1.165, 1.54) is 31.2 Å². The highest BCUT2D eigenvalue weighted by Crippen LogP contribution is 2.23. The minimum atomic E-state index is -1.70. The van der Waals surface area contributed by atoms with E-state index in [2.05, 4.69) is 5.32 Å². The number of phenols is 1. The van der Waals surface area contributed by atoms with Crippen LogP contribution in [0.1, 0.15) is 22.8 Å². The van der Waals surface area contributed by atoms with Crippen LogP contribution in [-0.2, 0) is 5.60 Å². The third kappa shape index (κ3) is 3.59. The highest BCUT2D eigenvalue weighted by molar-refractivity contribution is 5.94. The Bertz CT molecular complexity index is 702. The van der Waals surface area contributed by atoms with E-state index in [1.807, 2.05) is 0 Å². The fourth-order valence-corrected chi connectivity index (χ4v) is 2.02. The number of phenolic OH excluding ortho intramolecular Hbond substituents is 1. The Labute approximate surface area is 126 Å². The second-order valence-electron chi connectivity index (χ2n) is 5.13. The summed E-state index contributed by atoms with van der Waals surface area (Å²) < 4.78 is 26.6. The quantitative estimate of drug-likeness (QED) is 0.812. The normalized spacial score (nSPS) is 13.5. The van der Waals surface area contributed by atoms with Gasteiger partial charge in [-0.1, -0.05) is 12.1 Å². The van der Waals surface area contributed by atoms with E-state index >= 15 is 0 Å². The molecule has 1 amide bonds. The van der Waals surface area contributed by atoms with E-state index in [0.717, 1.165) is 12.1 Å². The molecule has 0 saturated carbocycles. The van der Waals surface area contributed by atoms with Crippen molar-refractivity contribution in [2.75, 3.05) is 6.54 Å². The van der Waals surface area contributed by atoms with Gasteiger partial charge in [-0.25, -0.2) is 8.78 Å². The van der Waals surface area contributed by atoms with Gasteiger partial charge in [0.25, 0.3) is 5.91 Å². The van der Waals surface area contributed by atoms with E-state index in [1.54, 1.807) is 0 Å². The zero-order chi connectivity index (χ0) is 16.3. The summed E-state index contributed by atoms with van der Waals surface area (Å²) >= 11 is 0. The molecule has 22 heavy (non-hydrogen) atoms. The second-order valence-corrected chi connectivity index (χ2v) is 5.13. The number of nitrogens with one attached hydrogen (secondary N) is 1. The third-order valence-corrected chi connectivity index (χ3v) is 3.21. The van der Waals surface area contributed by atoms with Gasteiger partial charge in [-0.05, 0) is 31.2 Å². The van der Waals surface area contributed by atoms with Gasteiger partial charge >= 0.3 is 0 Å². The molecule has 0 aliphatic carbocycles. The molecule has 2 aromatic rings. The molecule has 0 radical (unpaired) electrons. The first-order valence-corrected chi connectivity index (χ1v) is 6.55. The van der Waals surface area contributed by atoms with Crippen LogP contribution in [0.3, 0.4) is 0 Å². The molecule has 0 fully saturated rings. The number of hydrogen-bond acceptors (Lipinski definition) is 3. The van der Waals surface area contributed by atoms with Gasteiger partial charge in [-0.15, -0.1) is 0 Å². The Morgan fingerprint density at radius 2 is 1.95 bits per heavy atom. The molecule has 2 rings (SSSR count). The van der Waals surface area contributed by atoms with E-state index in [0.29, 0.717) is 6.07 Å². The molecule has 0 aromatic heterocycles. The number of aliphatic hydroxyl groups is 1. The van der Waals surface area contributed by atoms with Crippen molar-refractivity contribution in [2.24, 2.45) is 0 Å². The minimum absolute atomic E-state index is 0.0658. The Morgan fingerprint density at radius 3 is 2.59 bits per heavy atom. The van der Waals surface area contributed by atoms with Gasteiger partial charge in [-0.2, -0.15) is 0 Å². The average molecular weight is 307 g/mol. The molecule has 3 N–H and O–H groups in total. The predicted octanol–water partition coefficient (Wildman–Crippen LogP) is 2.31. The number of hydrogen-bond donors (Lipinski definition) is 3. The van der Waals surface area contributed by atoms with Crippen molar-refractivity contribution in [3.05, 3.63) is 65.2 Å². The fourth-order valence-electron chi connectivity index (χ4n) is 2.02. The van der Waals surface area contributed by atoms with Crippen LogP contribution in [0.4, 0.5) is 8.78 Å². The Morgan fingerprint density at radius 1 is 1.23 bits per heavy atom. The Hall–Kier alpha value is -2.47. The van der Waals surface area contributed by atoms with Crippen molar-refractivity contribution in [3.63, 3.8) is 0 Å². The minimum Gasteiger partial charge on any atom is -0.508 e. The molecule has 0 aliphatic rings. The van der Waals surface area contributed by atoms with Crippen molar-refractivity contribution < 1.29 is 23.8 Å². The van der Waals surface area contributed by atoms with Crippen molar-refractivity contribution in [3.8, 4) is 5.75 Å². The van der Waals surface area contributed by atoms with Crippen LogP contribution in [0.5, 0.6) is 5.75 Å². The maximum Gasteiger partial charge on any atom is 0.251 e. The molecular weight excluding hydrogens is 292 g/mol. The van der Waals surface area contributed by atoms with Gasteiger partial charge in [0, 0.05) is 17.2 Å². The van der Waals surface area contributed by atoms with E-state index < -0.39 is 23.1 Å². The number of benzene rings is 2. The SMILES string of the molecule is CC(O)(CNC(=O)c1cccc(O)c1)c1ccc(F)cc1F. The molecule has 6 heteroatoms. The van der Waals surface area contributed by atoms with Gasteiger partial charge < -0.3 is 15.5 Å².